The van der Waals surface area contributed by atoms with Gasteiger partial charge in [0.05, 0.1) is 6.04 Å². The predicted molar refractivity (Wildman–Crippen MR) is 74.6 cm³/mol. The zero-order chi connectivity index (χ0) is 13.8. The van der Waals surface area contributed by atoms with E-state index in [9.17, 15) is 0 Å². The Hall–Kier alpha value is -1.41. The van der Waals surface area contributed by atoms with Gasteiger partial charge in [0, 0.05) is 37.9 Å². The molecule has 0 radical (unpaired) electrons. The number of tetrazole rings is 1. The topological polar surface area (TPSA) is 70.7 Å². The number of imidazole rings is 1. The Kier molecular flexibility index (Phi) is 4.31. The van der Waals surface area contributed by atoms with Gasteiger partial charge in [-0.3, -0.25) is 0 Å². The lowest BCUT2D eigenvalue weighted by molar-refractivity contribution is 0.0631. The Morgan fingerprint density at radius 1 is 1.40 bits per heavy atom. The smallest absolute Gasteiger partial charge is 0.209 e. The molecule has 0 aliphatic carbocycles. The van der Waals surface area contributed by atoms with E-state index < -0.39 is 0 Å². The third-order valence-electron chi connectivity index (χ3n) is 3.49. The maximum absolute atomic E-state index is 5.38. The molecule has 3 heterocycles. The standard InChI is InChI=1S/C12H18N6OS/c1-10-13-4-5-17(10)6-9-20-12-14-15-16-18(12)11-2-7-19-8-3-11/h4-5,11H,2-3,6-9H2,1H3. The summed E-state index contributed by atoms with van der Waals surface area (Å²) < 4.78 is 9.47. The zero-order valence-electron chi connectivity index (χ0n) is 11.5. The Bertz CT molecular complexity index is 548. The fraction of sp³-hybridized carbons (Fsp3) is 0.667. The van der Waals surface area contributed by atoms with Crippen molar-refractivity contribution in [2.75, 3.05) is 19.0 Å². The Morgan fingerprint density at radius 3 is 3.00 bits per heavy atom. The first kappa shape index (κ1) is 13.6. The van der Waals surface area contributed by atoms with Gasteiger partial charge in [0.25, 0.3) is 0 Å². The van der Waals surface area contributed by atoms with Crippen LogP contribution in [-0.4, -0.2) is 48.7 Å². The summed E-state index contributed by atoms with van der Waals surface area (Å²) in [6.07, 6.45) is 5.79. The molecule has 0 aromatic carbocycles. The first-order valence-corrected chi connectivity index (χ1v) is 7.79. The first-order valence-electron chi connectivity index (χ1n) is 6.81. The van der Waals surface area contributed by atoms with E-state index >= 15 is 0 Å². The van der Waals surface area contributed by atoms with Crippen LogP contribution < -0.4 is 0 Å². The third kappa shape index (κ3) is 3.01. The number of rotatable bonds is 5. The molecule has 8 heteroatoms. The molecule has 0 bridgehead atoms. The summed E-state index contributed by atoms with van der Waals surface area (Å²) in [7, 11) is 0. The van der Waals surface area contributed by atoms with Crippen molar-refractivity contribution in [1.29, 1.82) is 0 Å². The van der Waals surface area contributed by atoms with E-state index in [4.69, 9.17) is 4.74 Å². The third-order valence-corrected chi connectivity index (χ3v) is 4.40. The van der Waals surface area contributed by atoms with E-state index in [0.29, 0.717) is 6.04 Å². The molecule has 2 aromatic rings. The summed E-state index contributed by atoms with van der Waals surface area (Å²) in [5, 5.41) is 13.0. The molecule has 0 spiro atoms. The molecule has 7 nitrogen and oxygen atoms in total. The number of hydrogen-bond acceptors (Lipinski definition) is 6. The lowest BCUT2D eigenvalue weighted by Crippen LogP contribution is -2.21. The van der Waals surface area contributed by atoms with Crippen LogP contribution in [0, 0.1) is 6.92 Å². The Balaban J connectivity index is 1.58. The lowest BCUT2D eigenvalue weighted by atomic mass is 10.1. The largest absolute Gasteiger partial charge is 0.381 e. The lowest BCUT2D eigenvalue weighted by Gasteiger charge is -2.22. The molecule has 0 saturated carbocycles. The van der Waals surface area contributed by atoms with Gasteiger partial charge in [0.2, 0.25) is 5.16 Å². The molecule has 1 fully saturated rings. The minimum absolute atomic E-state index is 0.372. The minimum Gasteiger partial charge on any atom is -0.381 e. The molecule has 1 aliphatic heterocycles. The van der Waals surface area contributed by atoms with Gasteiger partial charge in [-0.1, -0.05) is 11.8 Å². The van der Waals surface area contributed by atoms with Gasteiger partial charge in [-0.25, -0.2) is 9.67 Å². The van der Waals surface area contributed by atoms with Crippen LogP contribution in [0.4, 0.5) is 0 Å². The molecule has 1 saturated heterocycles. The second-order valence-electron chi connectivity index (χ2n) is 4.77. The monoisotopic (exact) mass is 294 g/mol. The number of aryl methyl sites for hydroxylation is 2. The summed E-state index contributed by atoms with van der Waals surface area (Å²) in [5.74, 6) is 1.97. The second-order valence-corrected chi connectivity index (χ2v) is 5.83. The van der Waals surface area contributed by atoms with Gasteiger partial charge in [-0.15, -0.1) is 5.10 Å². The van der Waals surface area contributed by atoms with Crippen molar-refractivity contribution in [1.82, 2.24) is 29.8 Å². The molecular formula is C12H18N6OS. The van der Waals surface area contributed by atoms with E-state index in [-0.39, 0.29) is 0 Å². The number of aromatic nitrogens is 6. The van der Waals surface area contributed by atoms with Crippen LogP contribution in [0.1, 0.15) is 24.7 Å². The van der Waals surface area contributed by atoms with Gasteiger partial charge in [-0.2, -0.15) is 0 Å². The molecule has 1 aliphatic rings. The number of ether oxygens (including phenoxy) is 1. The van der Waals surface area contributed by atoms with Gasteiger partial charge < -0.3 is 9.30 Å². The van der Waals surface area contributed by atoms with Gasteiger partial charge in [-0.05, 0) is 30.2 Å². The van der Waals surface area contributed by atoms with Crippen LogP contribution >= 0.6 is 11.8 Å². The normalized spacial score (nSPS) is 16.6. The van der Waals surface area contributed by atoms with Crippen LogP contribution in [0.15, 0.2) is 17.6 Å². The zero-order valence-corrected chi connectivity index (χ0v) is 12.3. The van der Waals surface area contributed by atoms with Crippen molar-refractivity contribution in [2.45, 2.75) is 37.5 Å². The maximum atomic E-state index is 5.38. The average Bonchev–Trinajstić information content (AvgIpc) is 3.10. The van der Waals surface area contributed by atoms with Gasteiger partial charge in [0.1, 0.15) is 5.82 Å². The maximum Gasteiger partial charge on any atom is 0.209 e. The van der Waals surface area contributed by atoms with Crippen molar-refractivity contribution in [3.63, 3.8) is 0 Å². The molecule has 2 aromatic heterocycles. The average molecular weight is 294 g/mol. The van der Waals surface area contributed by atoms with Crippen molar-refractivity contribution < 1.29 is 4.74 Å². The quantitative estimate of drug-likeness (QED) is 0.775. The Morgan fingerprint density at radius 2 is 2.25 bits per heavy atom. The highest BCUT2D eigenvalue weighted by molar-refractivity contribution is 7.99. The minimum atomic E-state index is 0.372. The predicted octanol–water partition coefficient (Wildman–Crippen LogP) is 1.32. The molecule has 0 amide bonds. The van der Waals surface area contributed by atoms with Crippen LogP contribution in [0.25, 0.3) is 0 Å². The summed E-state index contributed by atoms with van der Waals surface area (Å²) in [4.78, 5) is 4.22. The van der Waals surface area contributed by atoms with Crippen molar-refractivity contribution in [3.8, 4) is 0 Å². The van der Waals surface area contributed by atoms with E-state index in [1.165, 1.54) is 0 Å². The second kappa shape index (κ2) is 6.36. The summed E-state index contributed by atoms with van der Waals surface area (Å²) in [6, 6.07) is 0.372. The fourth-order valence-corrected chi connectivity index (χ4v) is 3.20. The first-order chi connectivity index (χ1) is 9.84. The van der Waals surface area contributed by atoms with E-state index in [1.54, 1.807) is 11.8 Å². The SMILES string of the molecule is Cc1nccn1CCSc1nnnn1C1CCOCC1. The molecular weight excluding hydrogens is 276 g/mol. The van der Waals surface area contributed by atoms with Crippen LogP contribution in [-0.2, 0) is 11.3 Å². The molecule has 0 unspecified atom stereocenters. The van der Waals surface area contributed by atoms with Crippen LogP contribution in [0.2, 0.25) is 0 Å². The number of nitrogens with zero attached hydrogens (tertiary/aromatic N) is 6. The highest BCUT2D eigenvalue weighted by Crippen LogP contribution is 2.24. The van der Waals surface area contributed by atoms with Crippen molar-refractivity contribution in [2.24, 2.45) is 0 Å². The Labute approximate surface area is 121 Å². The van der Waals surface area contributed by atoms with Gasteiger partial charge in [0.15, 0.2) is 0 Å². The van der Waals surface area contributed by atoms with Crippen molar-refractivity contribution >= 4 is 11.8 Å². The molecule has 0 atom stereocenters. The van der Waals surface area contributed by atoms with Gasteiger partial charge >= 0.3 is 0 Å². The van der Waals surface area contributed by atoms with Crippen LogP contribution in [0.3, 0.4) is 0 Å². The molecule has 0 N–H and O–H groups in total. The van der Waals surface area contributed by atoms with Crippen molar-refractivity contribution in [3.05, 3.63) is 18.2 Å². The molecule has 108 valence electrons. The summed E-state index contributed by atoms with van der Waals surface area (Å²) in [5.41, 5.74) is 0. The number of thioether (sulfide) groups is 1. The highest BCUT2D eigenvalue weighted by Gasteiger charge is 2.20. The highest BCUT2D eigenvalue weighted by atomic mass is 32.2. The number of hydrogen-bond donors (Lipinski definition) is 0. The van der Waals surface area contributed by atoms with Crippen LogP contribution in [0.5, 0.6) is 0 Å². The molecule has 3 rings (SSSR count). The summed E-state index contributed by atoms with van der Waals surface area (Å²) >= 11 is 1.69. The molecule has 20 heavy (non-hydrogen) atoms. The van der Waals surface area contributed by atoms with E-state index in [1.807, 2.05) is 24.0 Å². The van der Waals surface area contributed by atoms with E-state index in [0.717, 1.165) is 49.3 Å². The van der Waals surface area contributed by atoms with E-state index in [2.05, 4.69) is 25.1 Å². The fourth-order valence-electron chi connectivity index (χ4n) is 2.31. The summed E-state index contributed by atoms with van der Waals surface area (Å²) in [6.45, 7) is 4.51.